The molecule has 1 aliphatic carbocycles. The molecule has 51 heavy (non-hydrogen) atoms. The van der Waals surface area contributed by atoms with Crippen molar-refractivity contribution in [2.45, 2.75) is 62.8 Å². The van der Waals surface area contributed by atoms with Crippen molar-refractivity contribution in [1.82, 2.24) is 19.9 Å². The number of pyridine rings is 1. The number of likely N-dealkylation sites (tertiary alicyclic amines) is 1. The lowest BCUT2D eigenvalue weighted by Crippen LogP contribution is -2.62. The normalized spacial score (nSPS) is 25.5. The Bertz CT molecular complexity index is 1950. The van der Waals surface area contributed by atoms with E-state index in [0.29, 0.717) is 38.0 Å². The Morgan fingerprint density at radius 1 is 0.980 bits per heavy atom. The highest BCUT2D eigenvalue weighted by atomic mass is 19.1. The summed E-state index contributed by atoms with van der Waals surface area (Å²) in [6.07, 6.45) is 4.89. The zero-order chi connectivity index (χ0) is 35.3. The first-order valence-corrected chi connectivity index (χ1v) is 17.8. The van der Waals surface area contributed by atoms with Crippen LogP contribution in [0.25, 0.3) is 32.9 Å². The van der Waals surface area contributed by atoms with Gasteiger partial charge in [-0.25, -0.2) is 13.8 Å². The van der Waals surface area contributed by atoms with Gasteiger partial charge in [0.2, 0.25) is 5.88 Å². The van der Waals surface area contributed by atoms with E-state index in [-0.39, 0.29) is 88.8 Å². The van der Waals surface area contributed by atoms with E-state index in [1.807, 2.05) is 0 Å². The lowest BCUT2D eigenvalue weighted by molar-refractivity contribution is -0.202. The highest BCUT2D eigenvalue weighted by molar-refractivity contribution is 6.02. The molecule has 272 valence electrons. The van der Waals surface area contributed by atoms with Crippen LogP contribution in [-0.4, -0.2) is 113 Å². The quantitative estimate of drug-likeness (QED) is 0.248. The van der Waals surface area contributed by atoms with Crippen molar-refractivity contribution >= 4 is 27.5 Å². The molecule has 4 aromatic rings. The number of phenols is 1. The smallest absolute Gasteiger partial charge is 0.319 e. The Labute approximate surface area is 293 Å². The average molecular weight is 708 g/mol. The number of aliphatic hydroxyl groups is 2. The Hall–Kier alpha value is -3.95. The summed E-state index contributed by atoms with van der Waals surface area (Å²) < 4.78 is 55.7. The average Bonchev–Trinajstić information content (AvgIpc) is 3.44. The summed E-state index contributed by atoms with van der Waals surface area (Å²) in [6, 6.07) is 7.10. The van der Waals surface area contributed by atoms with E-state index in [1.54, 1.807) is 11.0 Å². The van der Waals surface area contributed by atoms with Crippen LogP contribution >= 0.6 is 0 Å². The molecule has 1 saturated carbocycles. The van der Waals surface area contributed by atoms with Crippen LogP contribution in [-0.2, 0) is 9.47 Å². The maximum atomic E-state index is 17.0. The van der Waals surface area contributed by atoms with E-state index in [1.165, 1.54) is 31.4 Å². The van der Waals surface area contributed by atoms with E-state index in [2.05, 4.69) is 14.9 Å². The van der Waals surface area contributed by atoms with Crippen molar-refractivity contribution in [2.24, 2.45) is 5.41 Å². The third kappa shape index (κ3) is 6.10. The van der Waals surface area contributed by atoms with Gasteiger partial charge in [-0.15, -0.1) is 0 Å². The lowest BCUT2D eigenvalue weighted by atomic mass is 9.74. The van der Waals surface area contributed by atoms with Gasteiger partial charge in [0, 0.05) is 54.9 Å². The largest absolute Gasteiger partial charge is 0.508 e. The Kier molecular flexibility index (Phi) is 9.07. The number of phenolic OH excluding ortho intramolecular Hbond substituents is 1. The molecule has 0 spiro atoms. The molecule has 0 bridgehead atoms. The first kappa shape index (κ1) is 34.2. The maximum absolute atomic E-state index is 17.0. The molecule has 4 aliphatic rings. The van der Waals surface area contributed by atoms with Crippen LogP contribution in [0.5, 0.6) is 17.6 Å². The van der Waals surface area contributed by atoms with E-state index in [4.69, 9.17) is 23.9 Å². The number of aliphatic hydroxyl groups excluding tert-OH is 1. The molecule has 3 saturated heterocycles. The fourth-order valence-corrected chi connectivity index (χ4v) is 8.85. The van der Waals surface area contributed by atoms with Crippen LogP contribution in [0.2, 0.25) is 0 Å². The number of piperidine rings is 1. The predicted octanol–water partition coefficient (Wildman–Crippen LogP) is 4.55. The summed E-state index contributed by atoms with van der Waals surface area (Å²) in [6.45, 7) is 2.99. The zero-order valence-corrected chi connectivity index (χ0v) is 28.6. The van der Waals surface area contributed by atoms with Crippen molar-refractivity contribution in [3.05, 3.63) is 42.0 Å². The number of fused-ring (bicyclic) bond motifs is 3. The molecule has 5 heterocycles. The van der Waals surface area contributed by atoms with E-state index in [0.717, 1.165) is 38.6 Å². The number of hydrogen-bond acceptors (Lipinski definition) is 12. The molecular formula is C37H43F2N5O7. The number of ether oxygens (including phenoxy) is 4. The summed E-state index contributed by atoms with van der Waals surface area (Å²) in [4.78, 5) is 18.0. The van der Waals surface area contributed by atoms with Gasteiger partial charge in [-0.2, -0.15) is 9.97 Å². The van der Waals surface area contributed by atoms with Crippen LogP contribution < -0.4 is 14.4 Å². The second-order valence-corrected chi connectivity index (χ2v) is 14.3. The minimum atomic E-state index is -0.931. The summed E-state index contributed by atoms with van der Waals surface area (Å²) in [7, 11) is 1.39. The highest BCUT2D eigenvalue weighted by Gasteiger charge is 2.53. The molecular weight excluding hydrogens is 664 g/mol. The topological polar surface area (TPSA) is 143 Å². The molecule has 3 unspecified atom stereocenters. The summed E-state index contributed by atoms with van der Waals surface area (Å²) >= 11 is 0. The molecule has 14 heteroatoms. The minimum absolute atomic E-state index is 0.0162. The number of hydrogen-bond donors (Lipinski definition) is 3. The molecule has 2 aromatic heterocycles. The number of nitrogens with zero attached hydrogens (tertiary/aromatic N) is 5. The monoisotopic (exact) mass is 707 g/mol. The number of rotatable bonds is 7. The second kappa shape index (κ2) is 13.6. The predicted molar refractivity (Wildman–Crippen MR) is 184 cm³/mol. The standard InChI is InChI=1S/C37H43F2N5O7/c1-48-34-29-32(30(39)31(40-34)25-18-23(45)17-22-5-2-6-26(38)28(22)25)41-35(42-33(29)43-13-16-50-20-24(46)19-43)51-21-36-8-3-7-27(36)44(12-4-9-36)37(47)10-14-49-15-11-37/h2,5-6,17-18,24,27,45-47H,3-4,7-16,19-21H2,1H3. The van der Waals surface area contributed by atoms with Gasteiger partial charge in [-0.3, -0.25) is 4.90 Å². The van der Waals surface area contributed by atoms with Crippen LogP contribution in [0, 0.1) is 17.0 Å². The molecule has 8 rings (SSSR count). The van der Waals surface area contributed by atoms with Gasteiger partial charge in [-0.1, -0.05) is 18.6 Å². The maximum Gasteiger partial charge on any atom is 0.319 e. The van der Waals surface area contributed by atoms with E-state index >= 15 is 8.78 Å². The summed E-state index contributed by atoms with van der Waals surface area (Å²) in [5.41, 5.74) is -1.59. The molecule has 12 nitrogen and oxygen atoms in total. The Balaban J connectivity index is 1.24. The lowest BCUT2D eigenvalue weighted by Gasteiger charge is -2.53. The van der Waals surface area contributed by atoms with Crippen LogP contribution in [0.4, 0.5) is 14.6 Å². The van der Waals surface area contributed by atoms with Gasteiger partial charge in [0.15, 0.2) is 5.82 Å². The van der Waals surface area contributed by atoms with Crippen molar-refractivity contribution < 1.29 is 43.0 Å². The molecule has 3 N–H and O–H groups in total. The van der Waals surface area contributed by atoms with Crippen LogP contribution in [0.3, 0.4) is 0 Å². The van der Waals surface area contributed by atoms with Gasteiger partial charge in [0.25, 0.3) is 0 Å². The fraction of sp³-hybridized carbons (Fsp3) is 0.541. The Morgan fingerprint density at radius 3 is 2.63 bits per heavy atom. The third-order valence-electron chi connectivity index (χ3n) is 11.2. The number of benzene rings is 2. The highest BCUT2D eigenvalue weighted by Crippen LogP contribution is 2.51. The van der Waals surface area contributed by atoms with E-state index in [9.17, 15) is 15.3 Å². The van der Waals surface area contributed by atoms with Crippen LogP contribution in [0.15, 0.2) is 30.3 Å². The van der Waals surface area contributed by atoms with Crippen molar-refractivity contribution in [1.29, 1.82) is 0 Å². The number of halogens is 2. The first-order chi connectivity index (χ1) is 24.7. The number of aromatic nitrogens is 3. The number of aromatic hydroxyl groups is 1. The molecule has 0 amide bonds. The summed E-state index contributed by atoms with van der Waals surface area (Å²) in [5, 5.41) is 33.6. The number of β-amino-alcohol motifs (C(OH)–C–C–N with tert-alkyl or cyclic N) is 1. The van der Waals surface area contributed by atoms with Gasteiger partial charge in [-0.05, 0) is 49.3 Å². The van der Waals surface area contributed by atoms with Crippen molar-refractivity contribution in [3.8, 4) is 28.9 Å². The first-order valence-electron chi connectivity index (χ1n) is 17.8. The molecule has 3 atom stereocenters. The SMILES string of the molecule is COc1nc(-c2cc(O)cc3cccc(F)c23)c(F)c2nc(OCC34CCCC3N(C3(O)CCOCC3)CCC4)nc(N3CCOCC(O)C3)c12. The second-order valence-electron chi connectivity index (χ2n) is 14.3. The molecule has 3 aliphatic heterocycles. The van der Waals surface area contributed by atoms with Gasteiger partial charge in [0.1, 0.15) is 39.7 Å². The third-order valence-corrected chi connectivity index (χ3v) is 11.2. The summed E-state index contributed by atoms with van der Waals surface area (Å²) in [5.74, 6) is -1.43. The van der Waals surface area contributed by atoms with Crippen molar-refractivity contribution in [2.75, 3.05) is 64.7 Å². The van der Waals surface area contributed by atoms with Crippen LogP contribution in [0.1, 0.15) is 44.9 Å². The zero-order valence-electron chi connectivity index (χ0n) is 28.6. The number of anilines is 1. The van der Waals surface area contributed by atoms with Gasteiger partial charge >= 0.3 is 6.01 Å². The fourth-order valence-electron chi connectivity index (χ4n) is 8.85. The van der Waals surface area contributed by atoms with Gasteiger partial charge in [0.05, 0.1) is 46.2 Å². The number of methoxy groups -OCH3 is 1. The van der Waals surface area contributed by atoms with E-state index < -0.39 is 23.5 Å². The molecule has 2 aromatic carbocycles. The van der Waals surface area contributed by atoms with Crippen molar-refractivity contribution in [3.63, 3.8) is 0 Å². The van der Waals surface area contributed by atoms with Gasteiger partial charge < -0.3 is 39.2 Å². The molecule has 4 fully saturated rings. The minimum Gasteiger partial charge on any atom is -0.508 e. The molecule has 0 radical (unpaired) electrons. The Morgan fingerprint density at radius 2 is 1.80 bits per heavy atom.